The van der Waals surface area contributed by atoms with Gasteiger partial charge in [0.1, 0.15) is 0 Å². The monoisotopic (exact) mass is 268 g/mol. The molecule has 0 amide bonds. The van der Waals surface area contributed by atoms with Crippen molar-refractivity contribution in [1.82, 2.24) is 0 Å². The average molecular weight is 268 g/mol. The van der Waals surface area contributed by atoms with Crippen LogP contribution < -0.4 is 0 Å². The summed E-state index contributed by atoms with van der Waals surface area (Å²) in [7, 11) is 0. The van der Waals surface area contributed by atoms with Crippen LogP contribution in [0.3, 0.4) is 0 Å². The first kappa shape index (κ1) is 13.3. The van der Waals surface area contributed by atoms with Crippen LogP contribution in [0, 0.1) is 5.92 Å². The Bertz CT molecular complexity index is 643. The Morgan fingerprint density at radius 1 is 1.15 bits per heavy atom. The molecular weight excluding hydrogens is 248 g/mol. The second-order valence-corrected chi connectivity index (χ2v) is 6.08. The number of aliphatic hydroxyl groups is 1. The maximum absolute atomic E-state index is 12.7. The van der Waals surface area contributed by atoms with Crippen LogP contribution in [-0.4, -0.2) is 16.5 Å². The molecule has 1 aliphatic rings. The fourth-order valence-electron chi connectivity index (χ4n) is 3.27. The van der Waals surface area contributed by atoms with Gasteiger partial charge >= 0.3 is 0 Å². The van der Waals surface area contributed by atoms with Crippen molar-refractivity contribution >= 4 is 16.6 Å². The van der Waals surface area contributed by atoms with Gasteiger partial charge in [0.25, 0.3) is 0 Å². The molecule has 0 bridgehead atoms. The molecule has 0 radical (unpaired) electrons. The Balaban J connectivity index is 1.95. The van der Waals surface area contributed by atoms with Crippen LogP contribution in [0.25, 0.3) is 10.8 Å². The van der Waals surface area contributed by atoms with Gasteiger partial charge in [-0.05, 0) is 36.6 Å². The first-order chi connectivity index (χ1) is 9.58. The number of fused-ring (bicyclic) bond motifs is 1. The number of ketones is 1. The van der Waals surface area contributed by atoms with Crippen LogP contribution in [0.15, 0.2) is 42.5 Å². The molecule has 2 nitrogen and oxygen atoms in total. The third kappa shape index (κ3) is 2.36. The van der Waals surface area contributed by atoms with Gasteiger partial charge < -0.3 is 5.11 Å². The lowest BCUT2D eigenvalue weighted by Crippen LogP contribution is -2.42. The highest BCUT2D eigenvalue weighted by Crippen LogP contribution is 2.36. The van der Waals surface area contributed by atoms with E-state index in [1.54, 1.807) is 6.92 Å². The molecule has 104 valence electrons. The predicted octanol–water partition coefficient (Wildman–Crippen LogP) is 3.96. The second-order valence-electron chi connectivity index (χ2n) is 6.08. The number of Topliss-reactive ketones (excluding diaryl/α,β-unsaturated/α-hetero) is 1. The Morgan fingerprint density at radius 3 is 2.65 bits per heavy atom. The number of hydrogen-bond donors (Lipinski definition) is 1. The minimum absolute atomic E-state index is 0.0838. The fraction of sp³-hybridized carbons (Fsp3) is 0.389. The van der Waals surface area contributed by atoms with Crippen molar-refractivity contribution in [1.29, 1.82) is 0 Å². The molecule has 1 N–H and O–H groups in total. The van der Waals surface area contributed by atoms with E-state index < -0.39 is 5.60 Å². The summed E-state index contributed by atoms with van der Waals surface area (Å²) < 4.78 is 0. The number of carbonyl (C=O) groups is 1. The molecule has 1 aliphatic carbocycles. The van der Waals surface area contributed by atoms with E-state index in [9.17, 15) is 9.90 Å². The molecule has 1 fully saturated rings. The van der Waals surface area contributed by atoms with Crippen LogP contribution >= 0.6 is 0 Å². The molecular formula is C18H20O2. The maximum Gasteiger partial charge on any atom is 0.168 e. The van der Waals surface area contributed by atoms with E-state index in [1.165, 1.54) is 0 Å². The largest absolute Gasteiger partial charge is 0.389 e. The number of carbonyl (C=O) groups excluding carboxylic acids is 1. The van der Waals surface area contributed by atoms with Crippen molar-refractivity contribution < 1.29 is 9.90 Å². The van der Waals surface area contributed by atoms with Crippen LogP contribution in [0.5, 0.6) is 0 Å². The van der Waals surface area contributed by atoms with E-state index >= 15 is 0 Å². The van der Waals surface area contributed by atoms with Gasteiger partial charge in [-0.3, -0.25) is 4.79 Å². The molecule has 0 saturated heterocycles. The van der Waals surface area contributed by atoms with E-state index in [2.05, 4.69) is 0 Å². The summed E-state index contributed by atoms with van der Waals surface area (Å²) in [5, 5.41) is 12.7. The highest BCUT2D eigenvalue weighted by molar-refractivity contribution is 6.01. The molecule has 3 rings (SSSR count). The van der Waals surface area contributed by atoms with Crippen molar-refractivity contribution in [2.75, 3.05) is 0 Å². The molecule has 2 heteroatoms. The molecule has 1 saturated carbocycles. The van der Waals surface area contributed by atoms with Crippen molar-refractivity contribution in [3.8, 4) is 0 Å². The summed E-state index contributed by atoms with van der Waals surface area (Å²) >= 11 is 0. The van der Waals surface area contributed by atoms with Gasteiger partial charge in [0, 0.05) is 5.56 Å². The van der Waals surface area contributed by atoms with Gasteiger partial charge in [0.05, 0.1) is 11.5 Å². The van der Waals surface area contributed by atoms with Gasteiger partial charge in [-0.1, -0.05) is 49.2 Å². The summed E-state index contributed by atoms with van der Waals surface area (Å²) in [6.07, 6.45) is 3.55. The van der Waals surface area contributed by atoms with Crippen LogP contribution in [0.4, 0.5) is 0 Å². The SMILES string of the molecule is C[C@]1(O)CCCC[C@H]1C(=O)c1ccc2ccccc2c1. The molecule has 0 unspecified atom stereocenters. The van der Waals surface area contributed by atoms with Crippen molar-refractivity contribution in [2.24, 2.45) is 5.92 Å². The maximum atomic E-state index is 12.7. The Labute approximate surface area is 119 Å². The smallest absolute Gasteiger partial charge is 0.168 e. The topological polar surface area (TPSA) is 37.3 Å². The van der Waals surface area contributed by atoms with Gasteiger partial charge in [0.2, 0.25) is 0 Å². The zero-order chi connectivity index (χ0) is 14.2. The fourth-order valence-corrected chi connectivity index (χ4v) is 3.27. The van der Waals surface area contributed by atoms with Crippen molar-refractivity contribution in [3.05, 3.63) is 48.0 Å². The summed E-state index contributed by atoms with van der Waals surface area (Å²) in [5.41, 5.74) is -0.142. The average Bonchev–Trinajstić information content (AvgIpc) is 2.45. The van der Waals surface area contributed by atoms with Crippen LogP contribution in [-0.2, 0) is 0 Å². The van der Waals surface area contributed by atoms with E-state index in [1.807, 2.05) is 42.5 Å². The van der Waals surface area contributed by atoms with Crippen molar-refractivity contribution in [3.63, 3.8) is 0 Å². The lowest BCUT2D eigenvalue weighted by Gasteiger charge is -2.36. The lowest BCUT2D eigenvalue weighted by molar-refractivity contribution is -0.0211. The molecule has 0 spiro atoms. The van der Waals surface area contributed by atoms with Crippen LogP contribution in [0.1, 0.15) is 43.0 Å². The van der Waals surface area contributed by atoms with Gasteiger partial charge in [-0.15, -0.1) is 0 Å². The summed E-state index contributed by atoms with van der Waals surface area (Å²) in [6, 6.07) is 13.9. The zero-order valence-electron chi connectivity index (χ0n) is 11.8. The Hall–Kier alpha value is -1.67. The molecule has 0 aromatic heterocycles. The third-order valence-corrected chi connectivity index (χ3v) is 4.53. The first-order valence-corrected chi connectivity index (χ1v) is 7.33. The van der Waals surface area contributed by atoms with Gasteiger partial charge in [0.15, 0.2) is 5.78 Å². The third-order valence-electron chi connectivity index (χ3n) is 4.53. The highest BCUT2D eigenvalue weighted by Gasteiger charge is 2.39. The normalized spacial score (nSPS) is 26.6. The van der Waals surface area contributed by atoms with E-state index in [0.29, 0.717) is 0 Å². The van der Waals surface area contributed by atoms with Crippen molar-refractivity contribution in [2.45, 2.75) is 38.2 Å². The quantitative estimate of drug-likeness (QED) is 0.837. The number of hydrogen-bond acceptors (Lipinski definition) is 2. The van der Waals surface area contributed by atoms with E-state index in [-0.39, 0.29) is 11.7 Å². The summed E-state index contributed by atoms with van der Waals surface area (Å²) in [6.45, 7) is 1.80. The molecule has 2 atom stereocenters. The van der Waals surface area contributed by atoms with E-state index in [4.69, 9.17) is 0 Å². The molecule has 0 heterocycles. The molecule has 0 aliphatic heterocycles. The van der Waals surface area contributed by atoms with E-state index in [0.717, 1.165) is 42.0 Å². The minimum Gasteiger partial charge on any atom is -0.389 e. The first-order valence-electron chi connectivity index (χ1n) is 7.33. The van der Waals surface area contributed by atoms with Crippen LogP contribution in [0.2, 0.25) is 0 Å². The Kier molecular flexibility index (Phi) is 3.35. The standard InChI is InChI=1S/C18H20O2/c1-18(20)11-5-4-8-16(18)17(19)15-10-9-13-6-2-3-7-14(13)12-15/h2-3,6-7,9-10,12,16,20H,4-5,8,11H2,1H3/t16-,18-/m0/s1. The minimum atomic E-state index is -0.860. The Morgan fingerprint density at radius 2 is 1.90 bits per heavy atom. The zero-order valence-corrected chi connectivity index (χ0v) is 11.8. The summed E-state index contributed by atoms with van der Waals surface area (Å²) in [4.78, 5) is 12.7. The second kappa shape index (κ2) is 5.02. The predicted molar refractivity (Wildman–Crippen MR) is 80.9 cm³/mol. The van der Waals surface area contributed by atoms with Gasteiger partial charge in [-0.25, -0.2) is 0 Å². The molecule has 20 heavy (non-hydrogen) atoms. The van der Waals surface area contributed by atoms with Gasteiger partial charge in [-0.2, -0.15) is 0 Å². The summed E-state index contributed by atoms with van der Waals surface area (Å²) in [5.74, 6) is -0.183. The molecule has 2 aromatic rings. The number of rotatable bonds is 2. The lowest BCUT2D eigenvalue weighted by atomic mass is 9.73. The molecule has 2 aromatic carbocycles. The highest BCUT2D eigenvalue weighted by atomic mass is 16.3. The number of benzene rings is 2.